The second-order valence-corrected chi connectivity index (χ2v) is 5.36. The monoisotopic (exact) mass is 295 g/mol. The lowest BCUT2D eigenvalue weighted by Gasteiger charge is -2.20. The fourth-order valence-electron chi connectivity index (χ4n) is 2.48. The Bertz CT molecular complexity index is 514. The molecule has 1 atom stereocenters. The van der Waals surface area contributed by atoms with Crippen LogP contribution < -0.4 is 0 Å². The lowest BCUT2D eigenvalue weighted by atomic mass is 10.1. The number of carbonyl (C=O) groups is 2. The first kappa shape index (κ1) is 15.5. The van der Waals surface area contributed by atoms with Gasteiger partial charge in [0, 0.05) is 39.7 Å². The molecule has 2 amide bonds. The van der Waals surface area contributed by atoms with E-state index in [0.717, 1.165) is 0 Å². The first-order valence-electron chi connectivity index (χ1n) is 6.95. The van der Waals surface area contributed by atoms with Crippen molar-refractivity contribution in [3.8, 4) is 0 Å². The molecule has 0 aromatic carbocycles. The Morgan fingerprint density at radius 2 is 2.38 bits per heavy atom. The molecule has 0 bridgehead atoms. The Morgan fingerprint density at radius 3 is 3.00 bits per heavy atom. The summed E-state index contributed by atoms with van der Waals surface area (Å²) in [7, 11) is 3.31. The van der Waals surface area contributed by atoms with E-state index in [9.17, 15) is 9.59 Å². The van der Waals surface area contributed by atoms with Crippen LogP contribution in [-0.4, -0.2) is 60.6 Å². The van der Waals surface area contributed by atoms with Crippen LogP contribution in [0.1, 0.15) is 17.9 Å². The summed E-state index contributed by atoms with van der Waals surface area (Å²) in [6.07, 6.45) is 0.269. The molecule has 2 rings (SSSR count). The van der Waals surface area contributed by atoms with Gasteiger partial charge in [0.2, 0.25) is 11.8 Å². The van der Waals surface area contributed by atoms with Crippen LogP contribution in [0.2, 0.25) is 0 Å². The minimum absolute atomic E-state index is 0.0103. The molecule has 0 spiro atoms. The first-order chi connectivity index (χ1) is 10.0. The van der Waals surface area contributed by atoms with Crippen molar-refractivity contribution in [3.05, 3.63) is 17.5 Å². The number of ether oxygens (including phenoxy) is 1. The molecular weight excluding hydrogens is 274 g/mol. The van der Waals surface area contributed by atoms with Crippen molar-refractivity contribution in [2.45, 2.75) is 19.9 Å². The van der Waals surface area contributed by atoms with Crippen LogP contribution in [-0.2, 0) is 20.9 Å². The van der Waals surface area contributed by atoms with Gasteiger partial charge in [-0.15, -0.1) is 0 Å². The molecule has 0 saturated carbocycles. The highest BCUT2D eigenvalue weighted by atomic mass is 16.5. The van der Waals surface area contributed by atoms with Crippen molar-refractivity contribution in [1.82, 2.24) is 15.0 Å². The van der Waals surface area contributed by atoms with Gasteiger partial charge in [-0.2, -0.15) is 0 Å². The van der Waals surface area contributed by atoms with Gasteiger partial charge in [0.1, 0.15) is 11.5 Å². The topological polar surface area (TPSA) is 75.9 Å². The van der Waals surface area contributed by atoms with E-state index < -0.39 is 0 Å². The largest absolute Gasteiger partial charge is 0.383 e. The molecule has 7 heteroatoms. The van der Waals surface area contributed by atoms with E-state index in [-0.39, 0.29) is 24.2 Å². The average molecular weight is 295 g/mol. The van der Waals surface area contributed by atoms with Crippen molar-refractivity contribution in [3.63, 3.8) is 0 Å². The quantitative estimate of drug-likeness (QED) is 0.761. The SMILES string of the molecule is COCCN1C[C@@H](C(=O)N(C)Cc2cc(C)on2)CC1=O. The number of nitrogens with zero attached hydrogens (tertiary/aromatic N) is 3. The number of methoxy groups -OCH3 is 1. The van der Waals surface area contributed by atoms with E-state index in [2.05, 4.69) is 5.16 Å². The van der Waals surface area contributed by atoms with Gasteiger partial charge in [0.05, 0.1) is 19.1 Å². The lowest BCUT2D eigenvalue weighted by Crippen LogP contribution is -2.35. The molecule has 1 aromatic rings. The minimum atomic E-state index is -0.285. The molecule has 7 nitrogen and oxygen atoms in total. The Balaban J connectivity index is 1.89. The highest BCUT2D eigenvalue weighted by molar-refractivity contribution is 5.89. The van der Waals surface area contributed by atoms with Gasteiger partial charge in [0.15, 0.2) is 0 Å². The average Bonchev–Trinajstić information content (AvgIpc) is 3.02. The van der Waals surface area contributed by atoms with Gasteiger partial charge >= 0.3 is 0 Å². The van der Waals surface area contributed by atoms with Crippen LogP contribution in [0, 0.1) is 12.8 Å². The fraction of sp³-hybridized carbons (Fsp3) is 0.643. The number of hydrogen-bond acceptors (Lipinski definition) is 5. The predicted molar refractivity (Wildman–Crippen MR) is 74.3 cm³/mol. The third-order valence-electron chi connectivity index (χ3n) is 3.58. The Morgan fingerprint density at radius 1 is 1.62 bits per heavy atom. The number of rotatable bonds is 6. The lowest BCUT2D eigenvalue weighted by molar-refractivity contribution is -0.135. The maximum Gasteiger partial charge on any atom is 0.228 e. The third kappa shape index (κ3) is 3.81. The molecule has 1 aliphatic heterocycles. The second-order valence-electron chi connectivity index (χ2n) is 5.36. The number of aromatic nitrogens is 1. The van der Waals surface area contributed by atoms with Gasteiger partial charge in [-0.1, -0.05) is 5.16 Å². The number of likely N-dealkylation sites (tertiary alicyclic amines) is 1. The zero-order chi connectivity index (χ0) is 15.4. The van der Waals surface area contributed by atoms with E-state index in [0.29, 0.717) is 37.7 Å². The Labute approximate surface area is 123 Å². The highest BCUT2D eigenvalue weighted by Gasteiger charge is 2.35. The molecule has 1 aromatic heterocycles. The first-order valence-corrected chi connectivity index (χ1v) is 6.95. The summed E-state index contributed by atoms with van der Waals surface area (Å²) in [5.74, 6) is 0.403. The van der Waals surface area contributed by atoms with Crippen LogP contribution >= 0.6 is 0 Å². The van der Waals surface area contributed by atoms with Crippen molar-refractivity contribution >= 4 is 11.8 Å². The number of amides is 2. The second kappa shape index (κ2) is 6.71. The van der Waals surface area contributed by atoms with E-state index in [1.54, 1.807) is 30.0 Å². The summed E-state index contributed by atoms with van der Waals surface area (Å²) in [6.45, 7) is 3.68. The van der Waals surface area contributed by atoms with Gasteiger partial charge in [-0.3, -0.25) is 9.59 Å². The summed E-state index contributed by atoms with van der Waals surface area (Å²) in [5.41, 5.74) is 0.712. The molecule has 0 aliphatic carbocycles. The predicted octanol–water partition coefficient (Wildman–Crippen LogP) is 0.436. The number of carbonyl (C=O) groups excluding carboxylic acids is 2. The van der Waals surface area contributed by atoms with E-state index >= 15 is 0 Å². The molecule has 21 heavy (non-hydrogen) atoms. The van der Waals surface area contributed by atoms with E-state index in [1.807, 2.05) is 6.92 Å². The standard InChI is InChI=1S/C14H21N3O4/c1-10-6-12(15-21-10)9-16(2)14(19)11-7-13(18)17(8-11)4-5-20-3/h6,11H,4-5,7-9H2,1-3H3/t11-/m0/s1. The molecule has 1 fully saturated rings. The van der Waals surface area contributed by atoms with Crippen LogP contribution in [0.5, 0.6) is 0 Å². The normalized spacial score (nSPS) is 18.3. The van der Waals surface area contributed by atoms with E-state index in [1.165, 1.54) is 0 Å². The summed E-state index contributed by atoms with van der Waals surface area (Å²) >= 11 is 0. The smallest absolute Gasteiger partial charge is 0.228 e. The maximum absolute atomic E-state index is 12.4. The van der Waals surface area contributed by atoms with Crippen LogP contribution in [0.3, 0.4) is 0 Å². The summed E-state index contributed by atoms with van der Waals surface area (Å²) in [5, 5.41) is 3.87. The van der Waals surface area contributed by atoms with Crippen molar-refractivity contribution < 1.29 is 18.8 Å². The fourth-order valence-corrected chi connectivity index (χ4v) is 2.48. The molecule has 116 valence electrons. The molecule has 2 heterocycles. The minimum Gasteiger partial charge on any atom is -0.383 e. The molecule has 1 aliphatic rings. The van der Waals surface area contributed by atoms with Gasteiger partial charge in [-0.25, -0.2) is 0 Å². The number of aryl methyl sites for hydroxylation is 1. The molecule has 0 radical (unpaired) electrons. The van der Waals surface area contributed by atoms with Crippen molar-refractivity contribution in [2.75, 3.05) is 33.9 Å². The zero-order valence-corrected chi connectivity index (χ0v) is 12.7. The van der Waals surface area contributed by atoms with Crippen molar-refractivity contribution in [1.29, 1.82) is 0 Å². The van der Waals surface area contributed by atoms with Crippen molar-refractivity contribution in [2.24, 2.45) is 5.92 Å². The molecular formula is C14H21N3O4. The summed E-state index contributed by atoms with van der Waals surface area (Å²) < 4.78 is 9.95. The molecule has 1 saturated heterocycles. The van der Waals surface area contributed by atoms with Gasteiger partial charge < -0.3 is 19.1 Å². The maximum atomic E-state index is 12.4. The molecule has 0 N–H and O–H groups in total. The highest BCUT2D eigenvalue weighted by Crippen LogP contribution is 2.20. The van der Waals surface area contributed by atoms with E-state index in [4.69, 9.17) is 9.26 Å². The number of hydrogen-bond donors (Lipinski definition) is 0. The Kier molecular flexibility index (Phi) is 4.95. The molecule has 0 unspecified atom stereocenters. The van der Waals surface area contributed by atoms with Crippen LogP contribution in [0.15, 0.2) is 10.6 Å². The van der Waals surface area contributed by atoms with Gasteiger partial charge in [0.25, 0.3) is 0 Å². The zero-order valence-electron chi connectivity index (χ0n) is 12.7. The van der Waals surface area contributed by atoms with Crippen LogP contribution in [0.25, 0.3) is 0 Å². The van der Waals surface area contributed by atoms with Gasteiger partial charge in [-0.05, 0) is 6.92 Å². The summed E-state index contributed by atoms with van der Waals surface area (Å²) in [4.78, 5) is 27.5. The van der Waals surface area contributed by atoms with Crippen LogP contribution in [0.4, 0.5) is 0 Å². The summed E-state index contributed by atoms with van der Waals surface area (Å²) in [6, 6.07) is 1.80. The Hall–Kier alpha value is -1.89. The third-order valence-corrected chi connectivity index (χ3v) is 3.58.